The Balaban J connectivity index is 2.11. The Bertz CT molecular complexity index is 905. The van der Waals surface area contributed by atoms with Crippen LogP contribution in [0.3, 0.4) is 0 Å². The van der Waals surface area contributed by atoms with Crippen molar-refractivity contribution in [3.8, 4) is 23.8 Å². The van der Waals surface area contributed by atoms with E-state index in [9.17, 15) is 9.59 Å². The van der Waals surface area contributed by atoms with Crippen LogP contribution in [0.4, 0.5) is 5.69 Å². The fraction of sp³-hybridized carbons (Fsp3) is 0.200. The number of ether oxygens (including phenoxy) is 2. The maximum Gasteiger partial charge on any atom is 0.255 e. The average Bonchev–Trinajstić information content (AvgIpc) is 2.67. The minimum Gasteiger partial charge on any atom is -0.493 e. The van der Waals surface area contributed by atoms with Crippen molar-refractivity contribution in [1.29, 1.82) is 0 Å². The molecule has 2 rings (SSSR count). The van der Waals surface area contributed by atoms with Gasteiger partial charge in [0.2, 0.25) is 5.91 Å². The van der Waals surface area contributed by atoms with Gasteiger partial charge in [-0.25, -0.2) is 0 Å². The number of hydrogen-bond acceptors (Lipinski definition) is 4. The summed E-state index contributed by atoms with van der Waals surface area (Å²) in [6, 6.07) is 10.3. The van der Waals surface area contributed by atoms with E-state index in [1.807, 2.05) is 22.6 Å². The molecule has 0 aromatic heterocycles. The molecule has 140 valence electrons. The molecule has 0 heterocycles. The predicted octanol–water partition coefficient (Wildman–Crippen LogP) is 3.00. The van der Waals surface area contributed by atoms with E-state index in [1.54, 1.807) is 43.4 Å². The van der Waals surface area contributed by atoms with Crippen LogP contribution in [0.5, 0.6) is 11.5 Å². The number of rotatable bonds is 6. The highest BCUT2D eigenvalue weighted by molar-refractivity contribution is 14.1. The monoisotopic (exact) mass is 478 g/mol. The number of anilines is 1. The Morgan fingerprint density at radius 1 is 1.19 bits per heavy atom. The maximum absolute atomic E-state index is 12.7. The highest BCUT2D eigenvalue weighted by atomic mass is 127. The van der Waals surface area contributed by atoms with E-state index in [2.05, 4.69) is 11.2 Å². The third kappa shape index (κ3) is 5.14. The summed E-state index contributed by atoms with van der Waals surface area (Å²) in [5.74, 6) is 2.87. The Morgan fingerprint density at radius 3 is 2.48 bits per heavy atom. The molecule has 7 heteroatoms. The first kappa shape index (κ1) is 20.6. The van der Waals surface area contributed by atoms with E-state index in [0.29, 0.717) is 31.9 Å². The van der Waals surface area contributed by atoms with Gasteiger partial charge in [0, 0.05) is 21.9 Å². The van der Waals surface area contributed by atoms with Gasteiger partial charge in [0.05, 0.1) is 26.3 Å². The van der Waals surface area contributed by atoms with Crippen molar-refractivity contribution in [1.82, 2.24) is 4.90 Å². The van der Waals surface area contributed by atoms with Gasteiger partial charge in [-0.15, -0.1) is 6.42 Å². The van der Waals surface area contributed by atoms with Crippen molar-refractivity contribution >= 4 is 40.1 Å². The highest BCUT2D eigenvalue weighted by Crippen LogP contribution is 2.31. The van der Waals surface area contributed by atoms with Gasteiger partial charge in [-0.1, -0.05) is 12.0 Å². The zero-order valence-electron chi connectivity index (χ0n) is 15.2. The molecule has 0 saturated heterocycles. The lowest BCUT2D eigenvalue weighted by molar-refractivity contribution is -0.116. The Morgan fingerprint density at radius 2 is 1.85 bits per heavy atom. The molecule has 0 unspecified atom stereocenters. The molecular weight excluding hydrogens is 459 g/mol. The minimum absolute atomic E-state index is 0.108. The number of hydrogen-bond donors (Lipinski definition) is 1. The number of halogens is 1. The molecule has 0 aliphatic heterocycles. The fourth-order valence-corrected chi connectivity index (χ4v) is 3.07. The van der Waals surface area contributed by atoms with Gasteiger partial charge < -0.3 is 19.7 Å². The van der Waals surface area contributed by atoms with Crippen LogP contribution in [-0.4, -0.2) is 44.5 Å². The lowest BCUT2D eigenvalue weighted by Gasteiger charge is -2.19. The number of benzene rings is 2. The van der Waals surface area contributed by atoms with E-state index in [0.717, 1.165) is 0 Å². The zero-order chi connectivity index (χ0) is 20.0. The quantitative estimate of drug-likeness (QED) is 0.512. The topological polar surface area (TPSA) is 67.9 Å². The first-order chi connectivity index (χ1) is 12.9. The summed E-state index contributed by atoms with van der Waals surface area (Å²) in [5, 5.41) is 2.73. The van der Waals surface area contributed by atoms with Crippen LogP contribution in [-0.2, 0) is 4.79 Å². The maximum atomic E-state index is 12.7. The van der Waals surface area contributed by atoms with Crippen molar-refractivity contribution in [3.63, 3.8) is 0 Å². The van der Waals surface area contributed by atoms with Crippen molar-refractivity contribution in [2.75, 3.05) is 33.1 Å². The van der Waals surface area contributed by atoms with E-state index in [1.165, 1.54) is 19.1 Å². The molecule has 0 radical (unpaired) electrons. The van der Waals surface area contributed by atoms with Crippen molar-refractivity contribution in [2.45, 2.75) is 0 Å². The van der Waals surface area contributed by atoms with E-state index >= 15 is 0 Å². The normalized spacial score (nSPS) is 9.89. The first-order valence-corrected chi connectivity index (χ1v) is 9.01. The van der Waals surface area contributed by atoms with Crippen LogP contribution < -0.4 is 14.8 Å². The van der Waals surface area contributed by atoms with Crippen LogP contribution in [0.15, 0.2) is 36.4 Å². The number of carbonyl (C=O) groups is 2. The van der Waals surface area contributed by atoms with E-state index < -0.39 is 0 Å². The second kappa shape index (κ2) is 9.28. The number of terminal acetylenes is 1. The summed E-state index contributed by atoms with van der Waals surface area (Å²) in [4.78, 5) is 26.3. The number of nitrogens with zero attached hydrogens (tertiary/aromatic N) is 1. The number of methoxy groups -OCH3 is 2. The molecule has 2 aromatic carbocycles. The summed E-state index contributed by atoms with van der Waals surface area (Å²) in [6.07, 6.45) is 5.36. The summed E-state index contributed by atoms with van der Waals surface area (Å²) in [7, 11) is 4.59. The van der Waals surface area contributed by atoms with Gasteiger partial charge >= 0.3 is 0 Å². The first-order valence-electron chi connectivity index (χ1n) is 7.93. The highest BCUT2D eigenvalue weighted by Gasteiger charge is 2.20. The molecule has 27 heavy (non-hydrogen) atoms. The molecule has 1 N–H and O–H groups in total. The Labute approximate surface area is 172 Å². The van der Waals surface area contributed by atoms with Gasteiger partial charge in [-0.05, 0) is 52.9 Å². The van der Waals surface area contributed by atoms with Gasteiger partial charge in [0.15, 0.2) is 11.5 Å². The fourth-order valence-electron chi connectivity index (χ4n) is 2.40. The lowest BCUT2D eigenvalue weighted by atomic mass is 10.1. The van der Waals surface area contributed by atoms with E-state index in [-0.39, 0.29) is 18.4 Å². The summed E-state index contributed by atoms with van der Waals surface area (Å²) in [5.41, 5.74) is 1.67. The smallest absolute Gasteiger partial charge is 0.255 e. The lowest BCUT2D eigenvalue weighted by Crippen LogP contribution is -2.35. The Kier molecular flexibility index (Phi) is 7.07. The largest absolute Gasteiger partial charge is 0.493 e. The minimum atomic E-state index is -0.324. The van der Waals surface area contributed by atoms with Crippen molar-refractivity contribution in [3.05, 3.63) is 51.1 Å². The van der Waals surface area contributed by atoms with Gasteiger partial charge in [-0.2, -0.15) is 0 Å². The molecular formula is C20H19IN2O4. The van der Waals surface area contributed by atoms with Crippen LogP contribution in [0.1, 0.15) is 15.9 Å². The number of amides is 2. The molecule has 0 atom stereocenters. The van der Waals surface area contributed by atoms with E-state index in [4.69, 9.17) is 15.9 Å². The second-order valence-electron chi connectivity index (χ2n) is 5.62. The molecule has 6 nitrogen and oxygen atoms in total. The summed E-state index contributed by atoms with van der Waals surface area (Å²) < 4.78 is 11.2. The van der Waals surface area contributed by atoms with Crippen LogP contribution >= 0.6 is 22.6 Å². The van der Waals surface area contributed by atoms with Crippen LogP contribution in [0, 0.1) is 15.9 Å². The number of carbonyl (C=O) groups excluding carboxylic acids is 2. The molecule has 0 aliphatic carbocycles. The average molecular weight is 478 g/mol. The van der Waals surface area contributed by atoms with Gasteiger partial charge in [0.25, 0.3) is 5.91 Å². The SMILES string of the molecule is C#Cc1cccc(NC(=O)CN(C)C(=O)c2cc(OC)c(OC)cc2I)c1. The third-order valence-corrected chi connectivity index (χ3v) is 4.64. The molecule has 0 fully saturated rings. The second-order valence-corrected chi connectivity index (χ2v) is 6.78. The predicted molar refractivity (Wildman–Crippen MR) is 112 cm³/mol. The van der Waals surface area contributed by atoms with Crippen molar-refractivity contribution < 1.29 is 19.1 Å². The van der Waals surface area contributed by atoms with Gasteiger partial charge in [0.1, 0.15) is 0 Å². The van der Waals surface area contributed by atoms with Gasteiger partial charge in [-0.3, -0.25) is 9.59 Å². The number of nitrogens with one attached hydrogen (secondary N) is 1. The van der Waals surface area contributed by atoms with Crippen LogP contribution in [0.2, 0.25) is 0 Å². The Hall–Kier alpha value is -2.73. The summed E-state index contributed by atoms with van der Waals surface area (Å²) >= 11 is 2.05. The zero-order valence-corrected chi connectivity index (χ0v) is 17.4. The molecule has 2 aromatic rings. The van der Waals surface area contributed by atoms with Crippen molar-refractivity contribution in [2.24, 2.45) is 0 Å². The molecule has 0 saturated carbocycles. The molecule has 0 spiro atoms. The molecule has 0 aliphatic rings. The third-order valence-electron chi connectivity index (χ3n) is 3.74. The van der Waals surface area contributed by atoms with Crippen LogP contribution in [0.25, 0.3) is 0 Å². The molecule has 2 amide bonds. The molecule has 0 bridgehead atoms. The standard InChI is InChI=1S/C20H19IN2O4/c1-5-13-7-6-8-14(9-13)22-19(24)12-23(2)20(25)15-10-17(26-3)18(27-4)11-16(15)21/h1,6-11H,12H2,2-4H3,(H,22,24). The number of likely N-dealkylation sites (N-methyl/N-ethyl adjacent to an activating group) is 1. The summed E-state index contributed by atoms with van der Waals surface area (Å²) in [6.45, 7) is -0.108.